The summed E-state index contributed by atoms with van der Waals surface area (Å²) >= 11 is 1.90. The van der Waals surface area contributed by atoms with Gasteiger partial charge in [0.25, 0.3) is 0 Å². The van der Waals surface area contributed by atoms with Gasteiger partial charge >= 0.3 is 0 Å². The van der Waals surface area contributed by atoms with Crippen LogP contribution in [0.25, 0.3) is 11.2 Å². The highest BCUT2D eigenvalue weighted by Crippen LogP contribution is 2.32. The van der Waals surface area contributed by atoms with E-state index >= 15 is 0 Å². The lowest BCUT2D eigenvalue weighted by Crippen LogP contribution is -2.30. The minimum Gasteiger partial charge on any atom is -0.387 e. The molecule has 3 heterocycles. The summed E-state index contributed by atoms with van der Waals surface area (Å²) in [6.07, 6.45) is 2.23. The van der Waals surface area contributed by atoms with E-state index in [4.69, 9.17) is 10.5 Å². The second-order valence-electron chi connectivity index (χ2n) is 4.65. The molecule has 4 atom stereocenters. The molecule has 1 aliphatic rings. The summed E-state index contributed by atoms with van der Waals surface area (Å²) in [4.78, 5) is 12.1. The number of nitrogens with zero attached hydrogens (tertiary/aromatic N) is 4. The van der Waals surface area contributed by atoms with Crippen LogP contribution in [-0.2, 0) is 4.74 Å². The van der Waals surface area contributed by atoms with E-state index in [0.29, 0.717) is 11.2 Å². The molecule has 8 nitrogen and oxygen atoms in total. The van der Waals surface area contributed by atoms with Gasteiger partial charge in [-0.1, -0.05) is 5.92 Å². The first-order valence-corrected chi connectivity index (χ1v) is 7.43. The van der Waals surface area contributed by atoms with Crippen molar-refractivity contribution in [2.75, 3.05) is 5.73 Å². The number of anilines is 1. The normalized spacial score (nSPS) is 28.1. The maximum absolute atomic E-state index is 10.2. The molecule has 0 aromatic carbocycles. The van der Waals surface area contributed by atoms with Gasteiger partial charge in [-0.3, -0.25) is 4.57 Å². The van der Waals surface area contributed by atoms with Crippen LogP contribution in [0, 0.1) is 9.85 Å². The highest BCUT2D eigenvalue weighted by Gasteiger charge is 2.43. The van der Waals surface area contributed by atoms with Crippen molar-refractivity contribution in [3.8, 4) is 9.85 Å². The number of hydrogen-bond acceptors (Lipinski definition) is 7. The molecule has 2 aromatic heterocycles. The van der Waals surface area contributed by atoms with Gasteiger partial charge in [-0.05, 0) is 16.1 Å². The number of fused-ring (bicyclic) bond motifs is 1. The lowest BCUT2D eigenvalue weighted by molar-refractivity contribution is -0.0244. The Kier molecular flexibility index (Phi) is 4.25. The quantitative estimate of drug-likeness (QED) is 0.468. The Morgan fingerprint density at radius 1 is 1.32 bits per heavy atom. The Labute approximate surface area is 139 Å². The molecule has 0 unspecified atom stereocenters. The summed E-state index contributed by atoms with van der Waals surface area (Å²) in [7, 11) is 0. The number of nitrogens with two attached hydrogens (primary N) is 1. The fourth-order valence-electron chi connectivity index (χ4n) is 2.31. The summed E-state index contributed by atoms with van der Waals surface area (Å²) < 4.78 is 9.89. The Balaban J connectivity index is 1.93. The molecule has 1 saturated heterocycles. The fourth-order valence-corrected chi connectivity index (χ4v) is 2.48. The van der Waals surface area contributed by atoms with E-state index < -0.39 is 24.5 Å². The van der Waals surface area contributed by atoms with E-state index in [1.165, 1.54) is 17.2 Å². The average molecular weight is 413 g/mol. The molecular weight excluding hydrogens is 401 g/mol. The molecule has 0 radical (unpaired) electrons. The number of imidazole rings is 1. The summed E-state index contributed by atoms with van der Waals surface area (Å²) in [5.74, 6) is 2.97. The number of rotatable bonds is 2. The van der Waals surface area contributed by atoms with Gasteiger partial charge < -0.3 is 20.7 Å². The molecule has 4 N–H and O–H groups in total. The smallest absolute Gasteiger partial charge is 0.167 e. The SMILES string of the molecule is Nc1ncnc2c1ncn2[C@@H]1O[C@H](/C=C/C#CI)[C@@H](O)[C@H]1O. The number of hydrogen-bond donors (Lipinski definition) is 3. The number of aromatic nitrogens is 4. The Morgan fingerprint density at radius 2 is 2.14 bits per heavy atom. The van der Waals surface area contributed by atoms with Crippen LogP contribution in [0.2, 0.25) is 0 Å². The molecule has 1 fully saturated rings. The number of nitrogen functional groups attached to an aromatic ring is 1. The predicted octanol–water partition coefficient (Wildman–Crippen LogP) is -0.0202. The van der Waals surface area contributed by atoms with Crippen molar-refractivity contribution in [1.29, 1.82) is 0 Å². The van der Waals surface area contributed by atoms with E-state index in [2.05, 4.69) is 24.8 Å². The first-order valence-electron chi connectivity index (χ1n) is 6.36. The Bertz CT molecular complexity index is 781. The zero-order valence-corrected chi connectivity index (χ0v) is 13.3. The lowest BCUT2D eigenvalue weighted by atomic mass is 10.1. The van der Waals surface area contributed by atoms with Crippen LogP contribution in [-0.4, -0.2) is 48.0 Å². The van der Waals surface area contributed by atoms with E-state index in [0.717, 1.165) is 0 Å². The van der Waals surface area contributed by atoms with E-state index in [9.17, 15) is 10.2 Å². The van der Waals surface area contributed by atoms with Crippen molar-refractivity contribution in [1.82, 2.24) is 19.5 Å². The molecule has 22 heavy (non-hydrogen) atoms. The fraction of sp³-hybridized carbons (Fsp3) is 0.308. The van der Waals surface area contributed by atoms with Crippen molar-refractivity contribution in [3.05, 3.63) is 24.8 Å². The zero-order chi connectivity index (χ0) is 15.7. The minimum absolute atomic E-state index is 0.241. The Morgan fingerprint density at radius 3 is 2.91 bits per heavy atom. The maximum atomic E-state index is 10.2. The van der Waals surface area contributed by atoms with Gasteiger partial charge in [0.05, 0.1) is 6.33 Å². The molecule has 0 saturated carbocycles. The molecule has 0 aliphatic carbocycles. The summed E-state index contributed by atoms with van der Waals surface area (Å²) in [6.45, 7) is 0. The van der Waals surface area contributed by atoms with Crippen molar-refractivity contribution in [3.63, 3.8) is 0 Å². The third-order valence-corrected chi connectivity index (χ3v) is 3.67. The molecule has 3 rings (SSSR count). The van der Waals surface area contributed by atoms with E-state index in [1.807, 2.05) is 22.6 Å². The second kappa shape index (κ2) is 6.17. The first kappa shape index (κ1) is 15.2. The highest BCUT2D eigenvalue weighted by atomic mass is 127. The van der Waals surface area contributed by atoms with Crippen LogP contribution >= 0.6 is 22.6 Å². The molecule has 0 bridgehead atoms. The molecule has 9 heteroatoms. The van der Waals surface area contributed by atoms with Crippen LogP contribution < -0.4 is 5.73 Å². The molecular formula is C13H12IN5O3. The van der Waals surface area contributed by atoms with Gasteiger partial charge in [-0.15, -0.1) is 0 Å². The summed E-state index contributed by atoms with van der Waals surface area (Å²) in [5.41, 5.74) is 6.58. The maximum Gasteiger partial charge on any atom is 0.167 e. The topological polar surface area (TPSA) is 119 Å². The number of aliphatic hydroxyl groups is 2. The van der Waals surface area contributed by atoms with Crippen LogP contribution in [0.15, 0.2) is 24.8 Å². The monoisotopic (exact) mass is 413 g/mol. The van der Waals surface area contributed by atoms with Gasteiger partial charge in [0.15, 0.2) is 17.7 Å². The first-order chi connectivity index (χ1) is 10.6. The summed E-state index contributed by atoms with van der Waals surface area (Å²) in [5, 5.41) is 20.3. The van der Waals surface area contributed by atoms with Crippen LogP contribution in [0.1, 0.15) is 6.23 Å². The van der Waals surface area contributed by atoms with Crippen molar-refractivity contribution in [2.45, 2.75) is 24.5 Å². The molecule has 114 valence electrons. The third-order valence-electron chi connectivity index (χ3n) is 3.36. The minimum atomic E-state index is -1.13. The van der Waals surface area contributed by atoms with Gasteiger partial charge in [0, 0.05) is 22.6 Å². The molecule has 2 aromatic rings. The van der Waals surface area contributed by atoms with Crippen molar-refractivity contribution in [2.24, 2.45) is 0 Å². The number of ether oxygens (including phenoxy) is 1. The number of aliphatic hydroxyl groups excluding tert-OH is 2. The molecule has 0 spiro atoms. The largest absolute Gasteiger partial charge is 0.387 e. The van der Waals surface area contributed by atoms with Gasteiger partial charge in [-0.25, -0.2) is 15.0 Å². The number of allylic oxidation sites excluding steroid dienone is 1. The standard InChI is InChI=1S/C13H12IN5O3/c14-4-2-1-3-7-9(20)10(21)13(22-7)19-6-18-8-11(15)16-5-17-12(8)19/h1,3,5-7,9-10,13,20-21H,(H2,15,16,17)/b3-1+/t7-,9-,10-,13-/m1/s1. The zero-order valence-electron chi connectivity index (χ0n) is 11.2. The van der Waals surface area contributed by atoms with Crippen molar-refractivity contribution < 1.29 is 14.9 Å². The van der Waals surface area contributed by atoms with Crippen LogP contribution in [0.4, 0.5) is 5.82 Å². The molecule has 1 aliphatic heterocycles. The average Bonchev–Trinajstić information content (AvgIpc) is 3.05. The van der Waals surface area contributed by atoms with E-state index in [1.54, 1.807) is 12.2 Å². The van der Waals surface area contributed by atoms with Gasteiger partial charge in [-0.2, -0.15) is 0 Å². The summed E-state index contributed by atoms with van der Waals surface area (Å²) in [6, 6.07) is 0. The van der Waals surface area contributed by atoms with Crippen LogP contribution in [0.5, 0.6) is 0 Å². The highest BCUT2D eigenvalue weighted by molar-refractivity contribution is 14.1. The van der Waals surface area contributed by atoms with E-state index in [-0.39, 0.29) is 5.82 Å². The predicted molar refractivity (Wildman–Crippen MR) is 86.6 cm³/mol. The Hall–Kier alpha value is -1.74. The lowest BCUT2D eigenvalue weighted by Gasteiger charge is -2.16. The van der Waals surface area contributed by atoms with Gasteiger partial charge in [0.2, 0.25) is 0 Å². The number of halogens is 1. The van der Waals surface area contributed by atoms with Crippen molar-refractivity contribution >= 4 is 39.6 Å². The second-order valence-corrected chi connectivity index (χ2v) is 5.19. The molecule has 0 amide bonds. The third kappa shape index (κ3) is 2.54. The van der Waals surface area contributed by atoms with Gasteiger partial charge in [0.1, 0.15) is 30.2 Å². The van der Waals surface area contributed by atoms with Crippen LogP contribution in [0.3, 0.4) is 0 Å².